The molecule has 8 heteroatoms. The van der Waals surface area contributed by atoms with Gasteiger partial charge in [-0.3, -0.25) is 0 Å². The standard InChI is InChI=1S/C90H62N6O2/c1-9-27-63(28-10-1)91(64-29-11-2-12-30-64)73-47-53-83-87(59-73)97-88-60-74(92(65-31-13-3-14-32-65)66-33-15-4-16-34-66)48-54-84(88)95(83)71-45-51-79-77-43-25-26-44-78(77)80-52-46-72(58-82(80)81(79)57-71)96-85-55-49-75(93(67-35-17-5-18-36-67)68-37-19-6-20-38-68)61-89(85)98-90-62-76(50-56-86(90)96)94(69-39-21-7-22-40-69)70-41-23-8-24-42-70/h1-62H. The van der Waals surface area contributed by atoms with Gasteiger partial charge in [-0.15, -0.1) is 0 Å². The molecular formula is C90H62N6O2. The molecule has 464 valence electrons. The minimum Gasteiger partial charge on any atom is -0.453 e. The first-order valence-electron chi connectivity index (χ1n) is 33.1. The number of hydrogen-bond donors (Lipinski definition) is 0. The summed E-state index contributed by atoms with van der Waals surface area (Å²) in [5, 5.41) is 6.89. The Morgan fingerprint density at radius 2 is 0.367 bits per heavy atom. The van der Waals surface area contributed by atoms with Crippen LogP contribution in [0.15, 0.2) is 376 Å². The monoisotopic (exact) mass is 1260 g/mol. The SMILES string of the molecule is c1ccc(N(c2ccccc2)c2ccc3c(c2)Oc2cc(N(c4ccccc4)c4ccccc4)ccc2N3c2ccc3c4ccccc4c4ccc(N5c6ccc(N(c7ccccc7)c7ccccc7)cc6Oc6cc(N(c7ccccc7)c7ccccc7)ccc65)cc4c3c2)cc1. The summed E-state index contributed by atoms with van der Waals surface area (Å²) in [5.41, 5.74) is 17.8. The Kier molecular flexibility index (Phi) is 14.4. The molecule has 2 aliphatic heterocycles. The Hall–Kier alpha value is -13.3. The molecule has 8 nitrogen and oxygen atoms in total. The number of anilines is 18. The smallest absolute Gasteiger partial charge is 0.153 e. The number of rotatable bonds is 14. The van der Waals surface area contributed by atoms with Gasteiger partial charge in [0.05, 0.1) is 22.7 Å². The third-order valence-corrected chi connectivity index (χ3v) is 18.6. The number of ether oxygens (including phenoxy) is 2. The van der Waals surface area contributed by atoms with Crippen LogP contribution in [-0.2, 0) is 0 Å². The van der Waals surface area contributed by atoms with Crippen molar-refractivity contribution in [2.75, 3.05) is 29.4 Å². The van der Waals surface area contributed by atoms with Crippen molar-refractivity contribution >= 4 is 135 Å². The third kappa shape index (κ3) is 10.3. The van der Waals surface area contributed by atoms with E-state index < -0.39 is 0 Å². The molecular weight excluding hydrogens is 1200 g/mol. The first-order chi connectivity index (χ1) is 48.6. The highest BCUT2D eigenvalue weighted by Gasteiger charge is 2.32. The zero-order valence-electron chi connectivity index (χ0n) is 53.3. The summed E-state index contributed by atoms with van der Waals surface area (Å²) in [7, 11) is 0. The highest BCUT2D eigenvalue weighted by molar-refractivity contribution is 6.26. The fraction of sp³-hybridized carbons (Fsp3) is 0. The lowest BCUT2D eigenvalue weighted by Crippen LogP contribution is -2.18. The molecule has 0 atom stereocenters. The second-order valence-corrected chi connectivity index (χ2v) is 24.5. The predicted molar refractivity (Wildman–Crippen MR) is 407 cm³/mol. The topological polar surface area (TPSA) is 37.9 Å². The Morgan fingerprint density at radius 3 is 0.592 bits per heavy atom. The highest BCUT2D eigenvalue weighted by atomic mass is 16.5. The Balaban J connectivity index is 0.832. The van der Waals surface area contributed by atoms with Crippen molar-refractivity contribution in [1.82, 2.24) is 0 Å². The lowest BCUT2D eigenvalue weighted by molar-refractivity contribution is 0.477. The van der Waals surface area contributed by atoms with Gasteiger partial charge in [-0.2, -0.15) is 0 Å². The van der Waals surface area contributed by atoms with Crippen molar-refractivity contribution in [2.24, 2.45) is 0 Å². The van der Waals surface area contributed by atoms with Crippen LogP contribution in [-0.4, -0.2) is 0 Å². The van der Waals surface area contributed by atoms with Gasteiger partial charge in [-0.05, 0) is 202 Å². The molecule has 0 radical (unpaired) electrons. The van der Waals surface area contributed by atoms with Gasteiger partial charge >= 0.3 is 0 Å². The first kappa shape index (κ1) is 57.4. The number of para-hydroxylation sites is 8. The van der Waals surface area contributed by atoms with E-state index in [0.717, 1.165) is 147 Å². The summed E-state index contributed by atoms with van der Waals surface area (Å²) < 4.78 is 14.6. The van der Waals surface area contributed by atoms with E-state index in [2.05, 4.69) is 406 Å². The van der Waals surface area contributed by atoms with Gasteiger partial charge in [0.1, 0.15) is 0 Å². The van der Waals surface area contributed by atoms with Crippen LogP contribution in [0.5, 0.6) is 23.0 Å². The van der Waals surface area contributed by atoms with E-state index in [4.69, 9.17) is 9.47 Å². The number of hydrogen-bond acceptors (Lipinski definition) is 8. The first-order valence-corrected chi connectivity index (χ1v) is 33.1. The molecule has 0 bridgehead atoms. The molecule has 18 rings (SSSR count). The Bertz CT molecular complexity index is 4830. The van der Waals surface area contributed by atoms with Crippen LogP contribution in [0.4, 0.5) is 102 Å². The Morgan fingerprint density at radius 1 is 0.163 bits per heavy atom. The maximum atomic E-state index is 7.32. The van der Waals surface area contributed by atoms with Crippen molar-refractivity contribution < 1.29 is 9.47 Å². The number of benzene rings is 16. The molecule has 0 saturated heterocycles. The largest absolute Gasteiger partial charge is 0.453 e. The van der Waals surface area contributed by atoms with Gasteiger partial charge in [-0.25, -0.2) is 0 Å². The molecule has 16 aromatic rings. The molecule has 0 unspecified atom stereocenters. The van der Waals surface area contributed by atoms with Gasteiger partial charge in [0.25, 0.3) is 0 Å². The quantitative estimate of drug-likeness (QED) is 0.0998. The van der Waals surface area contributed by atoms with E-state index in [1.54, 1.807) is 0 Å². The van der Waals surface area contributed by atoms with Gasteiger partial charge in [0, 0.05) is 104 Å². The van der Waals surface area contributed by atoms with E-state index in [-0.39, 0.29) is 0 Å². The van der Waals surface area contributed by atoms with E-state index in [1.165, 1.54) is 10.8 Å². The van der Waals surface area contributed by atoms with Gasteiger partial charge in [0.15, 0.2) is 23.0 Å². The molecule has 2 heterocycles. The van der Waals surface area contributed by atoms with Crippen molar-refractivity contribution in [3.05, 3.63) is 376 Å². The van der Waals surface area contributed by atoms with E-state index in [9.17, 15) is 0 Å². The minimum absolute atomic E-state index is 0.725. The summed E-state index contributed by atoms with van der Waals surface area (Å²) in [4.78, 5) is 13.9. The predicted octanol–water partition coefficient (Wildman–Crippen LogP) is 26.2. The second kappa shape index (κ2) is 24.6. The fourth-order valence-corrected chi connectivity index (χ4v) is 14.3. The van der Waals surface area contributed by atoms with E-state index in [0.29, 0.717) is 0 Å². The van der Waals surface area contributed by atoms with Crippen LogP contribution in [0.25, 0.3) is 32.3 Å². The highest BCUT2D eigenvalue weighted by Crippen LogP contribution is 2.57. The molecule has 2 aliphatic rings. The van der Waals surface area contributed by atoms with Crippen LogP contribution in [0, 0.1) is 0 Å². The number of fused-ring (bicyclic) bond motifs is 10. The molecule has 0 fully saturated rings. The summed E-state index contributed by atoms with van der Waals surface area (Å²) in [6, 6.07) is 134. The average Bonchev–Trinajstić information content (AvgIpc) is 0.728. The molecule has 98 heavy (non-hydrogen) atoms. The zero-order valence-corrected chi connectivity index (χ0v) is 53.3. The zero-order chi connectivity index (χ0) is 64.9. The molecule has 0 amide bonds. The fourth-order valence-electron chi connectivity index (χ4n) is 14.3. The summed E-state index contributed by atoms with van der Waals surface area (Å²) in [5.74, 6) is 2.90. The van der Waals surface area contributed by atoms with Gasteiger partial charge in [0.2, 0.25) is 0 Å². The summed E-state index contributed by atoms with van der Waals surface area (Å²) in [6.45, 7) is 0. The van der Waals surface area contributed by atoms with Crippen LogP contribution in [0.2, 0.25) is 0 Å². The molecule has 0 saturated carbocycles. The lowest BCUT2D eigenvalue weighted by Gasteiger charge is -2.36. The van der Waals surface area contributed by atoms with Crippen LogP contribution >= 0.6 is 0 Å². The number of nitrogens with zero attached hydrogens (tertiary/aromatic N) is 6. The molecule has 0 aromatic heterocycles. The maximum absolute atomic E-state index is 7.32. The summed E-state index contributed by atoms with van der Waals surface area (Å²) >= 11 is 0. The van der Waals surface area contributed by atoms with Crippen LogP contribution < -0.4 is 38.9 Å². The van der Waals surface area contributed by atoms with Gasteiger partial charge in [-0.1, -0.05) is 182 Å². The normalized spacial score (nSPS) is 12.0. The maximum Gasteiger partial charge on any atom is 0.153 e. The lowest BCUT2D eigenvalue weighted by atomic mass is 9.93. The van der Waals surface area contributed by atoms with Gasteiger partial charge < -0.3 is 38.9 Å². The summed E-state index contributed by atoms with van der Waals surface area (Å²) in [6.07, 6.45) is 0. The van der Waals surface area contributed by atoms with Crippen LogP contribution in [0.1, 0.15) is 0 Å². The third-order valence-electron chi connectivity index (χ3n) is 18.6. The minimum atomic E-state index is 0.725. The molecule has 0 N–H and O–H groups in total. The van der Waals surface area contributed by atoms with E-state index >= 15 is 0 Å². The molecule has 0 aliphatic carbocycles. The van der Waals surface area contributed by atoms with Crippen molar-refractivity contribution in [3.63, 3.8) is 0 Å². The van der Waals surface area contributed by atoms with Crippen LogP contribution in [0.3, 0.4) is 0 Å². The average molecular weight is 1260 g/mol. The Labute approximate surface area is 569 Å². The van der Waals surface area contributed by atoms with Crippen molar-refractivity contribution in [2.45, 2.75) is 0 Å². The molecule has 0 spiro atoms. The molecule has 16 aromatic carbocycles. The van der Waals surface area contributed by atoms with Crippen molar-refractivity contribution in [1.29, 1.82) is 0 Å². The van der Waals surface area contributed by atoms with Crippen molar-refractivity contribution in [3.8, 4) is 23.0 Å². The second-order valence-electron chi connectivity index (χ2n) is 24.5. The van der Waals surface area contributed by atoms with E-state index in [1.807, 2.05) is 0 Å².